The minimum atomic E-state index is -0.448. The molecule has 1 aromatic heterocycles. The van der Waals surface area contributed by atoms with Crippen LogP contribution in [-0.4, -0.2) is 9.91 Å². The summed E-state index contributed by atoms with van der Waals surface area (Å²) < 4.78 is 0. The molecule has 0 unspecified atom stereocenters. The molecule has 0 saturated heterocycles. The van der Waals surface area contributed by atoms with Crippen molar-refractivity contribution in [2.24, 2.45) is 0 Å². The molecule has 2 aromatic carbocycles. The number of benzene rings is 2. The highest BCUT2D eigenvalue weighted by Gasteiger charge is 2.22. The standard InChI is InChI=1S/C15H12N4O2S/c16-10-6-7-11(12(8-10)19(20)21)14-13(18-15(17)22-14)9-4-2-1-3-5-9/h1-8H,16H2,(H2,17,18). The quantitative estimate of drug-likeness (QED) is 0.437. The van der Waals surface area contributed by atoms with Gasteiger partial charge in [0.05, 0.1) is 21.1 Å². The van der Waals surface area contributed by atoms with Crippen molar-refractivity contribution in [3.05, 3.63) is 58.6 Å². The van der Waals surface area contributed by atoms with Gasteiger partial charge < -0.3 is 11.5 Å². The van der Waals surface area contributed by atoms with Gasteiger partial charge in [-0.05, 0) is 12.1 Å². The number of nitrogen functional groups attached to an aromatic ring is 2. The summed E-state index contributed by atoms with van der Waals surface area (Å²) in [5.41, 5.74) is 13.7. The van der Waals surface area contributed by atoms with E-state index in [9.17, 15) is 10.1 Å². The van der Waals surface area contributed by atoms with Gasteiger partial charge in [0.2, 0.25) is 0 Å². The van der Waals surface area contributed by atoms with Crippen LogP contribution in [-0.2, 0) is 0 Å². The molecule has 110 valence electrons. The van der Waals surface area contributed by atoms with Crippen molar-refractivity contribution >= 4 is 27.8 Å². The Bertz CT molecular complexity index is 846. The molecule has 3 rings (SSSR count). The molecule has 0 spiro atoms. The molecule has 7 heteroatoms. The summed E-state index contributed by atoms with van der Waals surface area (Å²) >= 11 is 1.22. The summed E-state index contributed by atoms with van der Waals surface area (Å²) in [4.78, 5) is 15.8. The minimum absolute atomic E-state index is 0.0548. The largest absolute Gasteiger partial charge is 0.399 e. The van der Waals surface area contributed by atoms with Crippen LogP contribution in [0.1, 0.15) is 0 Å². The van der Waals surface area contributed by atoms with Crippen LogP contribution >= 0.6 is 11.3 Å². The lowest BCUT2D eigenvalue weighted by atomic mass is 10.1. The van der Waals surface area contributed by atoms with Crippen molar-refractivity contribution in [3.8, 4) is 21.7 Å². The molecule has 0 fully saturated rings. The smallest absolute Gasteiger partial charge is 0.280 e. The number of hydrogen-bond donors (Lipinski definition) is 2. The van der Waals surface area contributed by atoms with E-state index in [1.165, 1.54) is 17.4 Å². The van der Waals surface area contributed by atoms with Gasteiger partial charge in [0.15, 0.2) is 5.13 Å². The molecule has 0 amide bonds. The molecular formula is C15H12N4O2S. The van der Waals surface area contributed by atoms with Crippen LogP contribution in [0.25, 0.3) is 21.7 Å². The van der Waals surface area contributed by atoms with E-state index in [1.54, 1.807) is 12.1 Å². The summed E-state index contributed by atoms with van der Waals surface area (Å²) in [5, 5.41) is 11.7. The Morgan fingerprint density at radius 3 is 2.50 bits per heavy atom. The molecule has 0 aliphatic rings. The molecule has 1 heterocycles. The molecule has 0 radical (unpaired) electrons. The topological polar surface area (TPSA) is 108 Å². The van der Waals surface area contributed by atoms with E-state index in [1.807, 2.05) is 30.3 Å². The maximum atomic E-state index is 11.3. The van der Waals surface area contributed by atoms with E-state index in [0.717, 1.165) is 5.56 Å². The van der Waals surface area contributed by atoms with E-state index >= 15 is 0 Å². The van der Waals surface area contributed by atoms with Crippen LogP contribution in [0.4, 0.5) is 16.5 Å². The molecular weight excluding hydrogens is 300 g/mol. The fourth-order valence-corrected chi connectivity index (χ4v) is 3.09. The molecule has 6 nitrogen and oxygen atoms in total. The zero-order valence-electron chi connectivity index (χ0n) is 11.4. The fourth-order valence-electron chi connectivity index (χ4n) is 2.20. The second kappa shape index (κ2) is 5.45. The van der Waals surface area contributed by atoms with Crippen LogP contribution in [0.5, 0.6) is 0 Å². The Hall–Kier alpha value is -2.93. The Morgan fingerprint density at radius 2 is 1.82 bits per heavy atom. The number of aromatic nitrogens is 1. The third-order valence-corrected chi connectivity index (χ3v) is 4.07. The van der Waals surface area contributed by atoms with Gasteiger partial charge in [-0.1, -0.05) is 41.7 Å². The van der Waals surface area contributed by atoms with Gasteiger partial charge in [-0.25, -0.2) is 4.98 Å². The van der Waals surface area contributed by atoms with Crippen LogP contribution in [0.3, 0.4) is 0 Å². The first kappa shape index (κ1) is 14.0. The number of anilines is 2. The van der Waals surface area contributed by atoms with E-state index in [0.29, 0.717) is 27.0 Å². The van der Waals surface area contributed by atoms with Gasteiger partial charge >= 0.3 is 0 Å². The van der Waals surface area contributed by atoms with Crippen LogP contribution < -0.4 is 11.5 Å². The average Bonchev–Trinajstić information content (AvgIpc) is 2.90. The number of nitrogens with two attached hydrogens (primary N) is 2. The second-order valence-corrected chi connectivity index (χ2v) is 5.66. The highest BCUT2D eigenvalue weighted by molar-refractivity contribution is 7.19. The summed E-state index contributed by atoms with van der Waals surface area (Å²) in [6.07, 6.45) is 0. The molecule has 4 N–H and O–H groups in total. The second-order valence-electron chi connectivity index (χ2n) is 4.63. The average molecular weight is 312 g/mol. The molecule has 0 atom stereocenters. The Kier molecular flexibility index (Phi) is 3.48. The van der Waals surface area contributed by atoms with E-state index < -0.39 is 4.92 Å². The van der Waals surface area contributed by atoms with Crippen molar-refractivity contribution in [1.29, 1.82) is 0 Å². The van der Waals surface area contributed by atoms with E-state index in [4.69, 9.17) is 11.5 Å². The van der Waals surface area contributed by atoms with Crippen molar-refractivity contribution in [2.75, 3.05) is 11.5 Å². The SMILES string of the molecule is Nc1ccc(-c2sc(N)nc2-c2ccccc2)c([N+](=O)[O-])c1. The molecule has 0 saturated carbocycles. The highest BCUT2D eigenvalue weighted by Crippen LogP contribution is 2.42. The van der Waals surface area contributed by atoms with Gasteiger partial charge in [-0.15, -0.1) is 0 Å². The van der Waals surface area contributed by atoms with Gasteiger partial charge in [0.1, 0.15) is 0 Å². The van der Waals surface area contributed by atoms with Crippen molar-refractivity contribution in [3.63, 3.8) is 0 Å². The molecule has 0 aliphatic carbocycles. The minimum Gasteiger partial charge on any atom is -0.399 e. The van der Waals surface area contributed by atoms with Gasteiger partial charge in [-0.3, -0.25) is 10.1 Å². The first-order chi connectivity index (χ1) is 10.6. The lowest BCUT2D eigenvalue weighted by Gasteiger charge is -2.05. The summed E-state index contributed by atoms with van der Waals surface area (Å²) in [5.74, 6) is 0. The highest BCUT2D eigenvalue weighted by atomic mass is 32.1. The van der Waals surface area contributed by atoms with E-state index in [-0.39, 0.29) is 5.69 Å². The maximum absolute atomic E-state index is 11.3. The van der Waals surface area contributed by atoms with Gasteiger partial charge in [-0.2, -0.15) is 0 Å². The Morgan fingerprint density at radius 1 is 1.09 bits per heavy atom. The predicted molar refractivity (Wildman–Crippen MR) is 88.5 cm³/mol. The normalized spacial score (nSPS) is 10.5. The number of nitrogens with zero attached hydrogens (tertiary/aromatic N) is 2. The monoisotopic (exact) mass is 312 g/mol. The number of nitro benzene ring substituents is 1. The zero-order chi connectivity index (χ0) is 15.7. The van der Waals surface area contributed by atoms with Crippen LogP contribution in [0.2, 0.25) is 0 Å². The summed E-state index contributed by atoms with van der Waals surface area (Å²) in [6.45, 7) is 0. The number of thiazole rings is 1. The predicted octanol–water partition coefficient (Wildman–Crippen LogP) is 3.55. The zero-order valence-corrected chi connectivity index (χ0v) is 12.2. The van der Waals surface area contributed by atoms with Gasteiger partial charge in [0, 0.05) is 17.3 Å². The van der Waals surface area contributed by atoms with Crippen molar-refractivity contribution in [2.45, 2.75) is 0 Å². The van der Waals surface area contributed by atoms with Crippen molar-refractivity contribution < 1.29 is 4.92 Å². The first-order valence-corrected chi connectivity index (χ1v) is 7.24. The molecule has 22 heavy (non-hydrogen) atoms. The van der Waals surface area contributed by atoms with Gasteiger partial charge in [0.25, 0.3) is 5.69 Å². The number of rotatable bonds is 3. The first-order valence-electron chi connectivity index (χ1n) is 6.42. The summed E-state index contributed by atoms with van der Waals surface area (Å²) in [6, 6.07) is 14.0. The molecule has 3 aromatic rings. The number of hydrogen-bond acceptors (Lipinski definition) is 6. The number of nitro groups is 1. The lowest BCUT2D eigenvalue weighted by Crippen LogP contribution is -1.94. The van der Waals surface area contributed by atoms with Crippen LogP contribution in [0.15, 0.2) is 48.5 Å². The maximum Gasteiger partial charge on any atom is 0.280 e. The third kappa shape index (κ3) is 2.49. The van der Waals surface area contributed by atoms with E-state index in [2.05, 4.69) is 4.98 Å². The molecule has 0 aliphatic heterocycles. The third-order valence-electron chi connectivity index (χ3n) is 3.15. The Labute approximate surface area is 130 Å². The fraction of sp³-hybridized carbons (Fsp3) is 0. The van der Waals surface area contributed by atoms with Crippen LogP contribution in [0, 0.1) is 10.1 Å². The summed E-state index contributed by atoms with van der Waals surface area (Å²) in [7, 11) is 0. The lowest BCUT2D eigenvalue weighted by molar-refractivity contribution is -0.384. The molecule has 0 bridgehead atoms. The van der Waals surface area contributed by atoms with Crippen molar-refractivity contribution in [1.82, 2.24) is 4.98 Å². The Balaban J connectivity index is 2.24.